The Labute approximate surface area is 166 Å². The highest BCUT2D eigenvalue weighted by Crippen LogP contribution is 2.21. The molecule has 2 aliphatic rings. The van der Waals surface area contributed by atoms with Crippen LogP contribution in [-0.2, 0) is 19.2 Å². The first-order valence-electron chi connectivity index (χ1n) is 10.3. The number of carboxylic acid groups (broad SMARTS) is 1. The number of hydrogen-bond acceptors (Lipinski definition) is 4. The third-order valence-electron chi connectivity index (χ3n) is 5.99. The topological polar surface area (TPSA) is 98.2 Å². The molecule has 1 N–H and O–H groups in total. The lowest BCUT2D eigenvalue weighted by Gasteiger charge is -2.36. The average Bonchev–Trinajstić information content (AvgIpc) is 2.71. The van der Waals surface area contributed by atoms with Crippen molar-refractivity contribution in [3.05, 3.63) is 0 Å². The second-order valence-corrected chi connectivity index (χ2v) is 8.14. The molecule has 2 fully saturated rings. The molecular formula is C20H33N3O5. The molecule has 3 amide bonds. The van der Waals surface area contributed by atoms with Gasteiger partial charge in [-0.1, -0.05) is 13.8 Å². The summed E-state index contributed by atoms with van der Waals surface area (Å²) in [5, 5.41) is 9.17. The van der Waals surface area contributed by atoms with Gasteiger partial charge in [0.2, 0.25) is 17.7 Å². The Bertz CT molecular complexity index is 609. The summed E-state index contributed by atoms with van der Waals surface area (Å²) in [7, 11) is 1.61. The first-order valence-corrected chi connectivity index (χ1v) is 10.3. The normalized spacial score (nSPS) is 23.8. The molecule has 8 heteroatoms. The minimum atomic E-state index is -0.879. The van der Waals surface area contributed by atoms with E-state index >= 15 is 0 Å². The molecule has 8 nitrogen and oxygen atoms in total. The molecular weight excluding hydrogens is 362 g/mol. The first kappa shape index (κ1) is 22.2. The molecule has 0 aromatic rings. The van der Waals surface area contributed by atoms with Gasteiger partial charge in [0.15, 0.2) is 0 Å². The molecule has 0 spiro atoms. The largest absolute Gasteiger partial charge is 0.481 e. The van der Waals surface area contributed by atoms with Gasteiger partial charge in [-0.25, -0.2) is 0 Å². The van der Waals surface area contributed by atoms with Gasteiger partial charge in [0.1, 0.15) is 0 Å². The summed E-state index contributed by atoms with van der Waals surface area (Å²) in [6.45, 7) is 5.65. The Balaban J connectivity index is 1.90. The van der Waals surface area contributed by atoms with E-state index in [0.29, 0.717) is 38.9 Å². The number of carbonyl (C=O) groups excluding carboxylic acids is 3. The van der Waals surface area contributed by atoms with Crippen LogP contribution < -0.4 is 0 Å². The Morgan fingerprint density at radius 1 is 1.04 bits per heavy atom. The van der Waals surface area contributed by atoms with Gasteiger partial charge in [-0.15, -0.1) is 0 Å². The van der Waals surface area contributed by atoms with E-state index in [0.717, 1.165) is 12.8 Å². The number of carbonyl (C=O) groups is 4. The molecule has 0 radical (unpaired) electrons. The minimum absolute atomic E-state index is 0.0468. The van der Waals surface area contributed by atoms with Gasteiger partial charge in [0, 0.05) is 39.1 Å². The SMILES string of the molecule is CCC(C)C(=O)N1CCCC(C(=O)N(C)CC(=O)N2CCCC(C(=O)O)C2)C1. The van der Waals surface area contributed by atoms with Crippen molar-refractivity contribution in [3.63, 3.8) is 0 Å². The van der Waals surface area contributed by atoms with Gasteiger partial charge < -0.3 is 19.8 Å². The molecule has 2 rings (SSSR count). The first-order chi connectivity index (χ1) is 13.2. The maximum absolute atomic E-state index is 12.8. The Hall–Kier alpha value is -2.12. The number of nitrogens with zero attached hydrogens (tertiary/aromatic N) is 3. The van der Waals surface area contributed by atoms with Crippen molar-refractivity contribution in [2.24, 2.45) is 17.8 Å². The predicted molar refractivity (Wildman–Crippen MR) is 103 cm³/mol. The van der Waals surface area contributed by atoms with Gasteiger partial charge in [0.05, 0.1) is 18.4 Å². The van der Waals surface area contributed by atoms with Crippen LogP contribution in [0.1, 0.15) is 46.0 Å². The summed E-state index contributed by atoms with van der Waals surface area (Å²) in [4.78, 5) is 53.7. The van der Waals surface area contributed by atoms with Crippen molar-refractivity contribution in [2.75, 3.05) is 39.8 Å². The molecule has 28 heavy (non-hydrogen) atoms. The second kappa shape index (κ2) is 9.89. The smallest absolute Gasteiger partial charge is 0.308 e. The number of hydrogen-bond donors (Lipinski definition) is 1. The molecule has 0 aliphatic carbocycles. The fraction of sp³-hybridized carbons (Fsp3) is 0.800. The van der Waals surface area contributed by atoms with Crippen LogP contribution in [-0.4, -0.2) is 83.3 Å². The monoisotopic (exact) mass is 395 g/mol. The molecule has 0 bridgehead atoms. The number of amides is 3. The number of likely N-dealkylation sites (tertiary alicyclic amines) is 2. The minimum Gasteiger partial charge on any atom is -0.481 e. The molecule has 0 aromatic heterocycles. The van der Waals surface area contributed by atoms with E-state index in [-0.39, 0.29) is 42.6 Å². The molecule has 0 saturated carbocycles. The summed E-state index contributed by atoms with van der Waals surface area (Å²) in [6.07, 6.45) is 3.51. The van der Waals surface area contributed by atoms with Crippen molar-refractivity contribution >= 4 is 23.7 Å². The predicted octanol–water partition coefficient (Wildman–Crippen LogP) is 1.05. The van der Waals surface area contributed by atoms with Gasteiger partial charge in [-0.3, -0.25) is 19.2 Å². The summed E-state index contributed by atoms with van der Waals surface area (Å²) in [6, 6.07) is 0. The van der Waals surface area contributed by atoms with Crippen molar-refractivity contribution < 1.29 is 24.3 Å². The van der Waals surface area contributed by atoms with E-state index in [1.54, 1.807) is 16.8 Å². The maximum Gasteiger partial charge on any atom is 0.308 e. The number of rotatable bonds is 6. The van der Waals surface area contributed by atoms with Gasteiger partial charge in [0.25, 0.3) is 0 Å². The summed E-state index contributed by atoms with van der Waals surface area (Å²) >= 11 is 0. The molecule has 2 heterocycles. The van der Waals surface area contributed by atoms with Gasteiger partial charge >= 0.3 is 5.97 Å². The number of carboxylic acids is 1. The fourth-order valence-corrected chi connectivity index (χ4v) is 3.96. The van der Waals surface area contributed by atoms with E-state index in [4.69, 9.17) is 5.11 Å². The number of piperidine rings is 2. The van der Waals surface area contributed by atoms with Crippen molar-refractivity contribution in [2.45, 2.75) is 46.0 Å². The Morgan fingerprint density at radius 2 is 1.61 bits per heavy atom. The molecule has 0 aromatic carbocycles. The van der Waals surface area contributed by atoms with E-state index < -0.39 is 11.9 Å². The highest BCUT2D eigenvalue weighted by Gasteiger charge is 2.33. The standard InChI is InChI=1S/C20H33N3O5/c1-4-14(2)18(25)23-10-5-7-15(11-23)19(26)21(3)13-17(24)22-9-6-8-16(12-22)20(27)28/h14-16H,4-13H2,1-3H3,(H,27,28). The summed E-state index contributed by atoms with van der Waals surface area (Å²) in [5.41, 5.74) is 0. The molecule has 3 unspecified atom stereocenters. The number of aliphatic carboxylic acids is 1. The van der Waals surface area contributed by atoms with Crippen LogP contribution in [0.2, 0.25) is 0 Å². The maximum atomic E-state index is 12.8. The fourth-order valence-electron chi connectivity index (χ4n) is 3.96. The highest BCUT2D eigenvalue weighted by molar-refractivity contribution is 5.87. The van der Waals surface area contributed by atoms with Crippen LogP contribution in [0.5, 0.6) is 0 Å². The third kappa shape index (κ3) is 5.45. The van der Waals surface area contributed by atoms with Crippen LogP contribution in [0, 0.1) is 17.8 Å². The van der Waals surface area contributed by atoms with Crippen molar-refractivity contribution in [1.82, 2.24) is 14.7 Å². The van der Waals surface area contributed by atoms with E-state index in [1.807, 2.05) is 13.8 Å². The second-order valence-electron chi connectivity index (χ2n) is 8.14. The summed E-state index contributed by atoms with van der Waals surface area (Å²) < 4.78 is 0. The highest BCUT2D eigenvalue weighted by atomic mass is 16.4. The summed E-state index contributed by atoms with van der Waals surface area (Å²) in [5.74, 6) is -1.99. The van der Waals surface area contributed by atoms with Gasteiger partial charge in [-0.05, 0) is 32.1 Å². The van der Waals surface area contributed by atoms with Crippen LogP contribution in [0.15, 0.2) is 0 Å². The van der Waals surface area contributed by atoms with Crippen LogP contribution in [0.3, 0.4) is 0 Å². The molecule has 2 saturated heterocycles. The van der Waals surface area contributed by atoms with E-state index in [1.165, 1.54) is 4.90 Å². The van der Waals surface area contributed by atoms with E-state index in [9.17, 15) is 19.2 Å². The lowest BCUT2D eigenvalue weighted by molar-refractivity contribution is -0.149. The Kier molecular flexibility index (Phi) is 7.83. The molecule has 3 atom stereocenters. The van der Waals surface area contributed by atoms with E-state index in [2.05, 4.69) is 0 Å². The van der Waals surface area contributed by atoms with Crippen molar-refractivity contribution in [3.8, 4) is 0 Å². The average molecular weight is 396 g/mol. The molecule has 2 aliphatic heterocycles. The third-order valence-corrected chi connectivity index (χ3v) is 5.99. The lowest BCUT2D eigenvalue weighted by atomic mass is 9.95. The number of likely N-dealkylation sites (N-methyl/N-ethyl adjacent to an activating group) is 1. The lowest BCUT2D eigenvalue weighted by Crippen LogP contribution is -2.50. The van der Waals surface area contributed by atoms with Gasteiger partial charge in [-0.2, -0.15) is 0 Å². The zero-order valence-electron chi connectivity index (χ0n) is 17.2. The van der Waals surface area contributed by atoms with Crippen molar-refractivity contribution in [1.29, 1.82) is 0 Å². The van der Waals surface area contributed by atoms with Crippen LogP contribution >= 0.6 is 0 Å². The zero-order valence-corrected chi connectivity index (χ0v) is 17.2. The molecule has 158 valence electrons. The Morgan fingerprint density at radius 3 is 2.21 bits per heavy atom. The zero-order chi connectivity index (χ0) is 20.8. The van der Waals surface area contributed by atoms with Crippen LogP contribution in [0.25, 0.3) is 0 Å². The van der Waals surface area contributed by atoms with Crippen LogP contribution in [0.4, 0.5) is 0 Å². The quantitative estimate of drug-likeness (QED) is 0.725.